The summed E-state index contributed by atoms with van der Waals surface area (Å²) in [5.74, 6) is -2.54. The summed E-state index contributed by atoms with van der Waals surface area (Å²) in [5.41, 5.74) is -2.29. The average molecular weight is 537 g/mol. The first-order valence-corrected chi connectivity index (χ1v) is 13.2. The van der Waals surface area contributed by atoms with Crippen LogP contribution in [0.25, 0.3) is 0 Å². The van der Waals surface area contributed by atoms with Crippen LogP contribution in [-0.2, 0) is 23.9 Å². The van der Waals surface area contributed by atoms with Gasteiger partial charge in [-0.3, -0.25) is 9.59 Å². The van der Waals surface area contributed by atoms with Gasteiger partial charge >= 0.3 is 5.97 Å². The van der Waals surface area contributed by atoms with Crippen LogP contribution >= 0.6 is 0 Å². The lowest BCUT2D eigenvalue weighted by molar-refractivity contribution is -0.293. The van der Waals surface area contributed by atoms with Gasteiger partial charge in [0.2, 0.25) is 0 Å². The number of hydrogen-bond acceptors (Lipinski definition) is 10. The first-order valence-electron chi connectivity index (χ1n) is 13.2. The van der Waals surface area contributed by atoms with Crippen molar-refractivity contribution in [1.29, 1.82) is 0 Å². The number of rotatable bonds is 5. The van der Waals surface area contributed by atoms with Gasteiger partial charge in [0.25, 0.3) is 0 Å². The predicted molar refractivity (Wildman–Crippen MR) is 128 cm³/mol. The molecule has 11 heteroatoms. The normalized spacial score (nSPS) is 50.0. The molecule has 1 aliphatic heterocycles. The van der Waals surface area contributed by atoms with Crippen molar-refractivity contribution in [1.82, 2.24) is 0 Å². The number of aliphatic hydroxyl groups is 5. The zero-order valence-electron chi connectivity index (χ0n) is 21.4. The van der Waals surface area contributed by atoms with E-state index in [2.05, 4.69) is 0 Å². The van der Waals surface area contributed by atoms with Crippen molar-refractivity contribution in [3.63, 3.8) is 0 Å². The van der Waals surface area contributed by atoms with E-state index in [-0.39, 0.29) is 36.4 Å². The summed E-state index contributed by atoms with van der Waals surface area (Å²) < 4.78 is 10.4. The number of carboxylic acid groups (broad SMARTS) is 1. The van der Waals surface area contributed by atoms with E-state index in [0.717, 1.165) is 12.0 Å². The molecule has 210 valence electrons. The fourth-order valence-electron chi connectivity index (χ4n) is 8.26. The van der Waals surface area contributed by atoms with Gasteiger partial charge in [0.1, 0.15) is 30.5 Å². The zero-order chi connectivity index (χ0) is 27.8. The number of carbonyl (C=O) groups excluding carboxylic acids is 2. The molecule has 0 aromatic heterocycles. The second-order valence-corrected chi connectivity index (χ2v) is 12.1. The van der Waals surface area contributed by atoms with Gasteiger partial charge < -0.3 is 40.1 Å². The van der Waals surface area contributed by atoms with Crippen LogP contribution in [0.1, 0.15) is 46.0 Å². The fourth-order valence-corrected chi connectivity index (χ4v) is 8.26. The molecule has 1 saturated heterocycles. The Morgan fingerprint density at radius 1 is 1.11 bits per heavy atom. The molecule has 0 aromatic carbocycles. The van der Waals surface area contributed by atoms with Gasteiger partial charge in [0.05, 0.1) is 6.10 Å². The van der Waals surface area contributed by atoms with Crippen LogP contribution in [0.4, 0.5) is 0 Å². The first-order chi connectivity index (χ1) is 17.7. The summed E-state index contributed by atoms with van der Waals surface area (Å²) in [5, 5.41) is 62.5. The maximum atomic E-state index is 13.5. The highest BCUT2D eigenvalue weighted by atomic mass is 16.7. The number of allylic oxidation sites excluding steroid dienone is 4. The largest absolute Gasteiger partial charge is 0.479 e. The number of aliphatic hydroxyl groups excluding tert-OH is 4. The minimum Gasteiger partial charge on any atom is -0.479 e. The van der Waals surface area contributed by atoms with Gasteiger partial charge in [0.15, 0.2) is 24.0 Å². The Balaban J connectivity index is 1.34. The second-order valence-electron chi connectivity index (χ2n) is 12.1. The summed E-state index contributed by atoms with van der Waals surface area (Å²) in [6.07, 6.45) is -2.60. The molecule has 0 radical (unpaired) electrons. The summed E-state index contributed by atoms with van der Waals surface area (Å²) >= 11 is 0. The van der Waals surface area contributed by atoms with Crippen LogP contribution in [0.2, 0.25) is 0 Å². The van der Waals surface area contributed by atoms with E-state index < -0.39 is 71.6 Å². The topological polar surface area (TPSA) is 191 Å². The number of Topliss-reactive ketones (excluding diaryl/α,β-unsaturated/α-hetero) is 1. The van der Waals surface area contributed by atoms with E-state index in [0.29, 0.717) is 12.8 Å². The maximum absolute atomic E-state index is 13.5. The summed E-state index contributed by atoms with van der Waals surface area (Å²) in [4.78, 5) is 36.8. The summed E-state index contributed by atoms with van der Waals surface area (Å²) in [6, 6.07) is 0. The minimum atomic E-state index is -1.89. The molecule has 0 amide bonds. The van der Waals surface area contributed by atoms with E-state index in [1.807, 2.05) is 19.9 Å². The SMILES string of the molecule is C[C@]12C=CC(=O)C=C1CC[C@@H]1[C@@H]2C(O)C[C@@]2(C)[C@H]1CC[C@]2(O)C(=O)CO[C@@H]1O[C@H](C(=O)O)[C@@H](O)[C@H](O)[C@H]1O. The van der Waals surface area contributed by atoms with E-state index >= 15 is 0 Å². The lowest BCUT2D eigenvalue weighted by Gasteiger charge is -2.59. The van der Waals surface area contributed by atoms with Crippen molar-refractivity contribution < 1.29 is 54.5 Å². The first kappa shape index (κ1) is 27.6. The molecule has 12 atom stereocenters. The highest BCUT2D eigenvalue weighted by Crippen LogP contribution is 2.67. The Hall–Kier alpha value is -1.99. The molecule has 6 N–H and O–H groups in total. The van der Waals surface area contributed by atoms with Crippen molar-refractivity contribution in [2.24, 2.45) is 28.6 Å². The van der Waals surface area contributed by atoms with Gasteiger partial charge in [-0.2, -0.15) is 0 Å². The average Bonchev–Trinajstić information content (AvgIpc) is 3.13. The number of carboxylic acids is 1. The van der Waals surface area contributed by atoms with Gasteiger partial charge in [-0.05, 0) is 56.1 Å². The third kappa shape index (κ3) is 3.86. The Kier molecular flexibility index (Phi) is 6.74. The molecule has 0 bridgehead atoms. The number of ether oxygens (including phenoxy) is 2. The molecule has 1 unspecified atom stereocenters. The van der Waals surface area contributed by atoms with E-state index in [1.54, 1.807) is 12.2 Å². The second kappa shape index (κ2) is 9.29. The molecule has 11 nitrogen and oxygen atoms in total. The van der Waals surface area contributed by atoms with Crippen LogP contribution in [0, 0.1) is 28.6 Å². The molecule has 3 saturated carbocycles. The van der Waals surface area contributed by atoms with Crippen molar-refractivity contribution in [2.75, 3.05) is 6.61 Å². The van der Waals surface area contributed by atoms with Crippen LogP contribution in [0.5, 0.6) is 0 Å². The Bertz CT molecular complexity index is 1080. The standard InChI is InChI=1S/C27H36O11/c1-25-7-5-13(28)9-12(25)3-4-14-15-6-8-27(36,26(15,2)10-16(29)18(14)25)17(30)11-37-24-21(33)19(31)20(32)22(38-24)23(34)35/h5,7,9,14-16,18-22,24,29,31-33,36H,3-4,6,8,10-11H2,1-2H3,(H,34,35)/t14-,15-,16?,18+,19-,20-,21+,22-,24+,25-,26-,27-/m0/s1. The highest BCUT2D eigenvalue weighted by Gasteiger charge is 2.68. The molecular weight excluding hydrogens is 500 g/mol. The van der Waals surface area contributed by atoms with Crippen molar-refractivity contribution in [3.05, 3.63) is 23.8 Å². The Morgan fingerprint density at radius 2 is 1.82 bits per heavy atom. The van der Waals surface area contributed by atoms with Crippen molar-refractivity contribution >= 4 is 17.5 Å². The van der Waals surface area contributed by atoms with Crippen LogP contribution < -0.4 is 0 Å². The zero-order valence-corrected chi connectivity index (χ0v) is 21.4. The van der Waals surface area contributed by atoms with Crippen molar-refractivity contribution in [2.45, 2.75) is 88.4 Å². The van der Waals surface area contributed by atoms with Gasteiger partial charge in [-0.1, -0.05) is 25.5 Å². The third-order valence-electron chi connectivity index (χ3n) is 10.3. The number of fused-ring (bicyclic) bond motifs is 5. The Labute approximate surface area is 219 Å². The number of ketones is 2. The van der Waals surface area contributed by atoms with E-state index in [9.17, 15) is 45.0 Å². The van der Waals surface area contributed by atoms with Crippen molar-refractivity contribution in [3.8, 4) is 0 Å². The van der Waals surface area contributed by atoms with E-state index in [1.165, 1.54) is 0 Å². The molecule has 5 rings (SSSR count). The fraction of sp³-hybridized carbons (Fsp3) is 0.741. The van der Waals surface area contributed by atoms with Gasteiger partial charge in [-0.25, -0.2) is 4.79 Å². The summed E-state index contributed by atoms with van der Waals surface area (Å²) in [6.45, 7) is 3.12. The van der Waals surface area contributed by atoms with Crippen LogP contribution in [-0.4, -0.2) is 97.2 Å². The molecule has 4 fully saturated rings. The summed E-state index contributed by atoms with van der Waals surface area (Å²) in [7, 11) is 0. The monoisotopic (exact) mass is 536 g/mol. The quantitative estimate of drug-likeness (QED) is 0.265. The maximum Gasteiger partial charge on any atom is 0.335 e. The lowest BCUT2D eigenvalue weighted by atomic mass is 9.46. The molecule has 0 aromatic rings. The third-order valence-corrected chi connectivity index (χ3v) is 10.3. The number of aliphatic carboxylic acids is 1. The van der Waals surface area contributed by atoms with Crippen LogP contribution in [0.15, 0.2) is 23.8 Å². The number of carbonyl (C=O) groups is 3. The van der Waals surface area contributed by atoms with Crippen LogP contribution in [0.3, 0.4) is 0 Å². The Morgan fingerprint density at radius 3 is 2.50 bits per heavy atom. The molecule has 38 heavy (non-hydrogen) atoms. The minimum absolute atomic E-state index is 0.0166. The molecule has 5 aliphatic rings. The molecule has 0 spiro atoms. The van der Waals surface area contributed by atoms with Gasteiger partial charge in [0, 0.05) is 16.7 Å². The molecule has 4 aliphatic carbocycles. The van der Waals surface area contributed by atoms with E-state index in [4.69, 9.17) is 9.47 Å². The molecule has 1 heterocycles. The smallest absolute Gasteiger partial charge is 0.335 e. The highest BCUT2D eigenvalue weighted by molar-refractivity contribution is 6.01. The number of hydrogen-bond donors (Lipinski definition) is 6. The lowest BCUT2D eigenvalue weighted by Crippen LogP contribution is -2.62. The van der Waals surface area contributed by atoms with Gasteiger partial charge in [-0.15, -0.1) is 0 Å². The molecular formula is C27H36O11. The predicted octanol–water partition coefficient (Wildman–Crippen LogP) is -0.526.